The number of rotatable bonds is 5. The fraction of sp³-hybridized carbons (Fsp3) is 0.267. The van der Waals surface area contributed by atoms with Crippen molar-refractivity contribution >= 4 is 35.5 Å². The third-order valence-electron chi connectivity index (χ3n) is 3.26. The van der Waals surface area contributed by atoms with Crippen molar-refractivity contribution in [1.82, 2.24) is 15.1 Å². The Morgan fingerprint density at radius 2 is 1.72 bits per heavy atom. The number of carbonyl (C=O) groups is 5. The molecule has 132 valence electrons. The summed E-state index contributed by atoms with van der Waals surface area (Å²) in [5, 5.41) is 3.97. The van der Waals surface area contributed by atoms with Crippen LogP contribution in [0.25, 0.3) is 0 Å². The lowest BCUT2D eigenvalue weighted by Crippen LogP contribution is -2.44. The molecule has 2 rings (SSSR count). The van der Waals surface area contributed by atoms with Crippen molar-refractivity contribution in [2.75, 3.05) is 18.4 Å². The number of amides is 7. The lowest BCUT2D eigenvalue weighted by molar-refractivity contribution is -0.143. The molecule has 10 heteroatoms. The lowest BCUT2D eigenvalue weighted by atomic mass is 10.3. The van der Waals surface area contributed by atoms with Crippen molar-refractivity contribution < 1.29 is 28.4 Å². The first-order valence-electron chi connectivity index (χ1n) is 7.37. The SMILES string of the molecule is CCCN1C(=O)C(=O)N(CC(=O)NC(=O)Nc2ccccc2F)C1=O. The summed E-state index contributed by atoms with van der Waals surface area (Å²) in [6, 6.07) is 3.36. The van der Waals surface area contributed by atoms with Crippen molar-refractivity contribution in [1.29, 1.82) is 0 Å². The second-order valence-corrected chi connectivity index (χ2v) is 5.11. The second kappa shape index (κ2) is 7.51. The highest BCUT2D eigenvalue weighted by Gasteiger charge is 2.44. The van der Waals surface area contributed by atoms with E-state index in [4.69, 9.17) is 0 Å². The normalized spacial score (nSPS) is 14.1. The summed E-state index contributed by atoms with van der Waals surface area (Å²) < 4.78 is 13.4. The van der Waals surface area contributed by atoms with Crippen molar-refractivity contribution in [2.24, 2.45) is 0 Å². The maximum absolute atomic E-state index is 13.4. The molecule has 1 aromatic carbocycles. The molecule has 9 nitrogen and oxygen atoms in total. The molecule has 1 saturated heterocycles. The molecular formula is C15H15FN4O5. The van der Waals surface area contributed by atoms with Gasteiger partial charge in [0.05, 0.1) is 5.69 Å². The summed E-state index contributed by atoms with van der Waals surface area (Å²) in [6.45, 7) is 0.969. The molecule has 0 unspecified atom stereocenters. The largest absolute Gasteiger partial charge is 0.334 e. The Morgan fingerprint density at radius 3 is 2.36 bits per heavy atom. The maximum Gasteiger partial charge on any atom is 0.334 e. The van der Waals surface area contributed by atoms with E-state index in [1.807, 2.05) is 5.32 Å². The summed E-state index contributed by atoms with van der Waals surface area (Å²) in [5.74, 6) is -3.85. The highest BCUT2D eigenvalue weighted by Crippen LogP contribution is 2.13. The smallest absolute Gasteiger partial charge is 0.305 e. The van der Waals surface area contributed by atoms with E-state index in [2.05, 4.69) is 5.32 Å². The number of urea groups is 2. The van der Waals surface area contributed by atoms with E-state index in [0.29, 0.717) is 11.3 Å². The Labute approximate surface area is 141 Å². The number of anilines is 1. The number of carbonyl (C=O) groups excluding carboxylic acids is 5. The minimum Gasteiger partial charge on any atom is -0.305 e. The van der Waals surface area contributed by atoms with Gasteiger partial charge in [0.25, 0.3) is 0 Å². The highest BCUT2D eigenvalue weighted by atomic mass is 19.1. The summed E-state index contributed by atoms with van der Waals surface area (Å²) in [5.41, 5.74) is -0.148. The molecule has 2 N–H and O–H groups in total. The third kappa shape index (κ3) is 3.97. The zero-order chi connectivity index (χ0) is 18.6. The highest BCUT2D eigenvalue weighted by molar-refractivity contribution is 6.45. The van der Waals surface area contributed by atoms with Crippen molar-refractivity contribution in [2.45, 2.75) is 13.3 Å². The summed E-state index contributed by atoms with van der Waals surface area (Å²) in [7, 11) is 0. The number of hydrogen-bond donors (Lipinski definition) is 2. The standard InChI is InChI=1S/C15H15FN4O5/c1-2-7-19-12(22)13(23)20(15(19)25)8-11(21)18-14(24)17-10-6-4-3-5-9(10)16/h3-6H,2,7-8H2,1H3,(H2,17,18,21,24). The zero-order valence-electron chi connectivity index (χ0n) is 13.2. The van der Waals surface area contributed by atoms with Gasteiger partial charge in [-0.25, -0.2) is 18.9 Å². The number of nitrogens with one attached hydrogen (secondary N) is 2. The molecule has 1 heterocycles. The summed E-state index contributed by atoms with van der Waals surface area (Å²) in [4.78, 5) is 60.0. The molecule has 25 heavy (non-hydrogen) atoms. The van der Waals surface area contributed by atoms with Crippen LogP contribution < -0.4 is 10.6 Å². The molecule has 1 aromatic rings. The average Bonchev–Trinajstić information content (AvgIpc) is 2.75. The molecule has 0 saturated carbocycles. The van der Waals surface area contributed by atoms with Crippen molar-refractivity contribution in [3.8, 4) is 0 Å². The lowest BCUT2D eigenvalue weighted by Gasteiger charge is -2.14. The third-order valence-corrected chi connectivity index (χ3v) is 3.26. The van der Waals surface area contributed by atoms with Crippen molar-refractivity contribution in [3.05, 3.63) is 30.1 Å². The molecule has 0 radical (unpaired) electrons. The number of benzene rings is 1. The number of nitrogens with zero attached hydrogens (tertiary/aromatic N) is 2. The molecule has 0 aromatic heterocycles. The van der Waals surface area contributed by atoms with E-state index in [0.717, 1.165) is 11.0 Å². The van der Waals surface area contributed by atoms with Gasteiger partial charge in [0.1, 0.15) is 12.4 Å². The van der Waals surface area contributed by atoms with Crippen LogP contribution in [-0.2, 0) is 14.4 Å². The van der Waals surface area contributed by atoms with Gasteiger partial charge in [-0.15, -0.1) is 0 Å². The average molecular weight is 350 g/mol. The Kier molecular flexibility index (Phi) is 5.42. The first-order valence-corrected chi connectivity index (χ1v) is 7.37. The summed E-state index contributed by atoms with van der Waals surface area (Å²) in [6.07, 6.45) is 0.454. The van der Waals surface area contributed by atoms with Crippen LogP contribution in [0.5, 0.6) is 0 Å². The van der Waals surface area contributed by atoms with E-state index in [-0.39, 0.29) is 12.2 Å². The molecule has 0 spiro atoms. The Bertz CT molecular complexity index is 751. The predicted octanol–water partition coefficient (Wildman–Crippen LogP) is 0.675. The van der Waals surface area contributed by atoms with Gasteiger partial charge in [-0.3, -0.25) is 24.6 Å². The Morgan fingerprint density at radius 1 is 1.08 bits per heavy atom. The van der Waals surface area contributed by atoms with Crippen LogP contribution in [0, 0.1) is 5.82 Å². The van der Waals surface area contributed by atoms with Gasteiger partial charge >= 0.3 is 23.9 Å². The minimum absolute atomic E-state index is 0.0509. The number of imide groups is 3. The van der Waals surface area contributed by atoms with Gasteiger partial charge in [-0.2, -0.15) is 0 Å². The van der Waals surface area contributed by atoms with Crippen LogP contribution in [0.4, 0.5) is 19.7 Å². The molecule has 0 atom stereocenters. The quantitative estimate of drug-likeness (QED) is 0.598. The van der Waals surface area contributed by atoms with Crippen LogP contribution in [0.1, 0.15) is 13.3 Å². The Hall–Kier alpha value is -3.30. The zero-order valence-corrected chi connectivity index (χ0v) is 13.2. The fourth-order valence-electron chi connectivity index (χ4n) is 2.14. The van der Waals surface area contributed by atoms with Crippen LogP contribution in [-0.4, -0.2) is 52.7 Å². The second-order valence-electron chi connectivity index (χ2n) is 5.11. The van der Waals surface area contributed by atoms with Gasteiger partial charge < -0.3 is 5.32 Å². The van der Waals surface area contributed by atoms with Gasteiger partial charge in [0.15, 0.2) is 0 Å². The maximum atomic E-state index is 13.4. The fourth-order valence-corrected chi connectivity index (χ4v) is 2.14. The first-order chi connectivity index (χ1) is 11.8. The topological polar surface area (TPSA) is 116 Å². The monoisotopic (exact) mass is 350 g/mol. The molecular weight excluding hydrogens is 335 g/mol. The molecule has 1 aliphatic heterocycles. The van der Waals surface area contributed by atoms with E-state index in [1.54, 1.807) is 6.92 Å². The van der Waals surface area contributed by atoms with Crippen LogP contribution in [0.3, 0.4) is 0 Å². The number of halogens is 1. The molecule has 1 fully saturated rings. The van der Waals surface area contributed by atoms with E-state index in [1.165, 1.54) is 18.2 Å². The molecule has 1 aliphatic rings. The van der Waals surface area contributed by atoms with Gasteiger partial charge in [-0.1, -0.05) is 19.1 Å². The molecule has 0 bridgehead atoms. The van der Waals surface area contributed by atoms with E-state index >= 15 is 0 Å². The summed E-state index contributed by atoms with van der Waals surface area (Å²) >= 11 is 0. The van der Waals surface area contributed by atoms with E-state index in [9.17, 15) is 28.4 Å². The number of para-hydroxylation sites is 1. The van der Waals surface area contributed by atoms with Gasteiger partial charge in [0, 0.05) is 6.54 Å². The van der Waals surface area contributed by atoms with E-state index < -0.39 is 42.1 Å². The first kappa shape index (κ1) is 18.0. The van der Waals surface area contributed by atoms with Crippen LogP contribution in [0.2, 0.25) is 0 Å². The number of hydrogen-bond acceptors (Lipinski definition) is 5. The van der Waals surface area contributed by atoms with Gasteiger partial charge in [0.2, 0.25) is 5.91 Å². The van der Waals surface area contributed by atoms with Crippen LogP contribution >= 0.6 is 0 Å². The minimum atomic E-state index is -1.14. The molecule has 0 aliphatic carbocycles. The van der Waals surface area contributed by atoms with Crippen molar-refractivity contribution in [3.63, 3.8) is 0 Å². The predicted molar refractivity (Wildman–Crippen MR) is 82.7 cm³/mol. The Balaban J connectivity index is 1.95. The van der Waals surface area contributed by atoms with Crippen LogP contribution in [0.15, 0.2) is 24.3 Å². The molecule has 7 amide bonds. The van der Waals surface area contributed by atoms with Gasteiger partial charge in [-0.05, 0) is 18.6 Å².